The van der Waals surface area contributed by atoms with Crippen molar-refractivity contribution in [2.45, 2.75) is 0 Å². The lowest BCUT2D eigenvalue weighted by Gasteiger charge is -2.12. The topological polar surface area (TPSA) is 76.7 Å². The molecule has 3 rings (SSSR count). The first kappa shape index (κ1) is 21.5. The number of carbonyl (C=O) groups is 2. The van der Waals surface area contributed by atoms with Crippen LogP contribution in [0.5, 0.6) is 11.5 Å². The number of anilines is 2. The van der Waals surface area contributed by atoms with E-state index < -0.39 is 0 Å². The number of hydrogen-bond acceptors (Lipinski definition) is 4. The van der Waals surface area contributed by atoms with E-state index in [2.05, 4.69) is 10.6 Å². The van der Waals surface area contributed by atoms with E-state index in [4.69, 9.17) is 32.7 Å². The van der Waals surface area contributed by atoms with Crippen molar-refractivity contribution in [2.75, 3.05) is 24.9 Å². The number of benzene rings is 3. The third-order valence-corrected chi connectivity index (χ3v) is 4.68. The van der Waals surface area contributed by atoms with Gasteiger partial charge < -0.3 is 20.1 Å². The number of nitrogens with one attached hydrogen (secondary N) is 2. The molecule has 0 unspecified atom stereocenters. The molecule has 0 saturated heterocycles. The van der Waals surface area contributed by atoms with Crippen molar-refractivity contribution in [3.8, 4) is 11.5 Å². The highest BCUT2D eigenvalue weighted by molar-refractivity contribution is 6.31. The summed E-state index contributed by atoms with van der Waals surface area (Å²) < 4.78 is 10.4. The Morgan fingerprint density at radius 2 is 1.03 bits per heavy atom. The van der Waals surface area contributed by atoms with Gasteiger partial charge in [-0.1, -0.05) is 23.2 Å². The quantitative estimate of drug-likeness (QED) is 0.524. The molecule has 0 fully saturated rings. The molecule has 0 bridgehead atoms. The van der Waals surface area contributed by atoms with Crippen molar-refractivity contribution < 1.29 is 19.1 Å². The van der Waals surface area contributed by atoms with E-state index in [1.54, 1.807) is 48.5 Å². The molecule has 3 aromatic rings. The molecule has 2 N–H and O–H groups in total. The summed E-state index contributed by atoms with van der Waals surface area (Å²) >= 11 is 12.0. The van der Waals surface area contributed by atoms with Crippen molar-refractivity contribution in [3.05, 3.63) is 81.8 Å². The normalized spacial score (nSPS) is 10.3. The van der Waals surface area contributed by atoms with Crippen LogP contribution in [0.15, 0.2) is 60.7 Å². The number of rotatable bonds is 6. The SMILES string of the molecule is COc1ccc(Cl)cc1C(=O)Nc1ccc(NC(=O)c2cc(Cl)ccc2OC)cc1. The third kappa shape index (κ3) is 5.03. The van der Waals surface area contributed by atoms with Gasteiger partial charge >= 0.3 is 0 Å². The van der Waals surface area contributed by atoms with Gasteiger partial charge in [-0.3, -0.25) is 9.59 Å². The van der Waals surface area contributed by atoms with Crippen LogP contribution in [-0.4, -0.2) is 26.0 Å². The Bertz CT molecular complexity index is 998. The van der Waals surface area contributed by atoms with Crippen molar-refractivity contribution in [2.24, 2.45) is 0 Å². The molecule has 2 amide bonds. The van der Waals surface area contributed by atoms with Gasteiger partial charge in [0.1, 0.15) is 11.5 Å². The van der Waals surface area contributed by atoms with Gasteiger partial charge in [0.2, 0.25) is 0 Å². The predicted octanol–water partition coefficient (Wildman–Crippen LogP) is 5.52. The predicted molar refractivity (Wildman–Crippen MR) is 118 cm³/mol. The fourth-order valence-corrected chi connectivity index (χ4v) is 3.09. The molecule has 8 heteroatoms. The molecule has 3 aromatic carbocycles. The highest BCUT2D eigenvalue weighted by Crippen LogP contribution is 2.26. The second-order valence-corrected chi connectivity index (χ2v) is 7.05. The van der Waals surface area contributed by atoms with Gasteiger partial charge in [-0.25, -0.2) is 0 Å². The summed E-state index contributed by atoms with van der Waals surface area (Å²) in [7, 11) is 2.96. The molecular weight excluding hydrogens is 427 g/mol. The highest BCUT2D eigenvalue weighted by Gasteiger charge is 2.15. The van der Waals surface area contributed by atoms with Gasteiger partial charge in [0.15, 0.2) is 0 Å². The molecule has 154 valence electrons. The standard InChI is InChI=1S/C22H18Cl2N2O4/c1-29-19-9-3-13(23)11-17(19)21(27)25-15-5-7-16(8-6-15)26-22(28)18-12-14(24)4-10-20(18)30-2/h3-12H,1-2H3,(H,25,27)(H,26,28). The van der Waals surface area contributed by atoms with E-state index in [0.717, 1.165) is 0 Å². The Balaban J connectivity index is 1.71. The van der Waals surface area contributed by atoms with Gasteiger partial charge in [0, 0.05) is 21.4 Å². The lowest BCUT2D eigenvalue weighted by molar-refractivity contribution is 0.101. The molecule has 0 heterocycles. The zero-order valence-electron chi connectivity index (χ0n) is 16.2. The average molecular weight is 445 g/mol. The maximum atomic E-state index is 12.6. The first-order valence-corrected chi connectivity index (χ1v) is 9.56. The average Bonchev–Trinajstić information content (AvgIpc) is 2.75. The Morgan fingerprint density at radius 3 is 1.37 bits per heavy atom. The minimum Gasteiger partial charge on any atom is -0.496 e. The van der Waals surface area contributed by atoms with Gasteiger partial charge in [0.05, 0.1) is 25.3 Å². The van der Waals surface area contributed by atoms with Crippen LogP contribution in [0.25, 0.3) is 0 Å². The number of amides is 2. The minimum atomic E-state index is -0.366. The second-order valence-electron chi connectivity index (χ2n) is 6.17. The Hall–Kier alpha value is -3.22. The highest BCUT2D eigenvalue weighted by atomic mass is 35.5. The lowest BCUT2D eigenvalue weighted by atomic mass is 10.1. The maximum absolute atomic E-state index is 12.6. The van der Waals surface area contributed by atoms with Crippen LogP contribution in [0.3, 0.4) is 0 Å². The van der Waals surface area contributed by atoms with Crippen LogP contribution < -0.4 is 20.1 Å². The summed E-state index contributed by atoms with van der Waals surface area (Å²) in [5.74, 6) is 0.0945. The Kier molecular flexibility index (Phi) is 6.82. The van der Waals surface area contributed by atoms with Gasteiger partial charge in [0.25, 0.3) is 11.8 Å². The van der Waals surface area contributed by atoms with Crippen LogP contribution >= 0.6 is 23.2 Å². The molecular formula is C22H18Cl2N2O4. The van der Waals surface area contributed by atoms with Crippen LogP contribution in [0.4, 0.5) is 11.4 Å². The Labute approximate surface area is 183 Å². The first-order valence-electron chi connectivity index (χ1n) is 8.81. The minimum absolute atomic E-state index is 0.315. The van der Waals surface area contributed by atoms with Crippen LogP contribution in [0, 0.1) is 0 Å². The van der Waals surface area contributed by atoms with E-state index in [1.807, 2.05) is 0 Å². The molecule has 0 aromatic heterocycles. The Morgan fingerprint density at radius 1 is 0.667 bits per heavy atom. The zero-order chi connectivity index (χ0) is 21.7. The number of hydrogen-bond donors (Lipinski definition) is 2. The molecule has 0 atom stereocenters. The zero-order valence-corrected chi connectivity index (χ0v) is 17.7. The van der Waals surface area contributed by atoms with Crippen LogP contribution in [-0.2, 0) is 0 Å². The summed E-state index contributed by atoms with van der Waals surface area (Å²) in [5.41, 5.74) is 1.71. The van der Waals surface area contributed by atoms with Gasteiger partial charge in [-0.05, 0) is 60.7 Å². The van der Waals surface area contributed by atoms with Crippen LogP contribution in [0.1, 0.15) is 20.7 Å². The maximum Gasteiger partial charge on any atom is 0.259 e. The van der Waals surface area contributed by atoms with E-state index in [9.17, 15) is 9.59 Å². The van der Waals surface area contributed by atoms with Crippen molar-refractivity contribution >= 4 is 46.4 Å². The molecule has 30 heavy (non-hydrogen) atoms. The fraction of sp³-hybridized carbons (Fsp3) is 0.0909. The monoisotopic (exact) mass is 444 g/mol. The summed E-state index contributed by atoms with van der Waals surface area (Å²) in [4.78, 5) is 25.1. The molecule has 0 aliphatic rings. The van der Waals surface area contributed by atoms with E-state index in [1.165, 1.54) is 26.4 Å². The second kappa shape index (κ2) is 9.52. The fourth-order valence-electron chi connectivity index (χ4n) is 2.75. The number of ether oxygens (including phenoxy) is 2. The summed E-state index contributed by atoms with van der Waals surface area (Å²) in [5, 5.41) is 6.39. The summed E-state index contributed by atoms with van der Waals surface area (Å²) in [6.07, 6.45) is 0. The lowest BCUT2D eigenvalue weighted by Crippen LogP contribution is -2.14. The van der Waals surface area contributed by atoms with Crippen LogP contribution in [0.2, 0.25) is 10.0 Å². The molecule has 0 saturated carbocycles. The van der Waals surface area contributed by atoms with E-state index >= 15 is 0 Å². The number of halogens is 2. The molecule has 0 aliphatic carbocycles. The van der Waals surface area contributed by atoms with E-state index in [0.29, 0.717) is 44.0 Å². The molecule has 0 spiro atoms. The van der Waals surface area contributed by atoms with Crippen molar-refractivity contribution in [1.29, 1.82) is 0 Å². The molecule has 0 aliphatic heterocycles. The van der Waals surface area contributed by atoms with E-state index in [-0.39, 0.29) is 11.8 Å². The van der Waals surface area contributed by atoms with Crippen molar-refractivity contribution in [3.63, 3.8) is 0 Å². The third-order valence-electron chi connectivity index (χ3n) is 4.21. The van der Waals surface area contributed by atoms with Crippen molar-refractivity contribution in [1.82, 2.24) is 0 Å². The first-order chi connectivity index (χ1) is 14.4. The molecule has 6 nitrogen and oxygen atoms in total. The number of carbonyl (C=O) groups excluding carboxylic acids is 2. The smallest absolute Gasteiger partial charge is 0.259 e. The summed E-state index contributed by atoms with van der Waals surface area (Å²) in [6.45, 7) is 0. The molecule has 0 radical (unpaired) electrons. The van der Waals surface area contributed by atoms with Gasteiger partial charge in [-0.2, -0.15) is 0 Å². The summed E-state index contributed by atoms with van der Waals surface area (Å²) in [6, 6.07) is 16.3. The largest absolute Gasteiger partial charge is 0.496 e. The number of methoxy groups -OCH3 is 2. The van der Waals surface area contributed by atoms with Gasteiger partial charge in [-0.15, -0.1) is 0 Å².